The summed E-state index contributed by atoms with van der Waals surface area (Å²) in [6.07, 6.45) is 1.72. The number of rotatable bonds is 5. The Labute approximate surface area is 117 Å². The highest BCUT2D eigenvalue weighted by atomic mass is 35.5. The lowest BCUT2D eigenvalue weighted by molar-refractivity contribution is 0.599. The first-order valence-corrected chi connectivity index (χ1v) is 7.80. The zero-order valence-electron chi connectivity index (χ0n) is 10.4. The standard InChI is InChI=1S/C12H14ClN3O2S/c1-2-16-8-7-12(14-16)15-19(17,18)9-10-3-5-11(13)6-4-10/h3-8H,2,9H2,1H3,(H,14,15). The molecule has 1 heterocycles. The summed E-state index contributed by atoms with van der Waals surface area (Å²) in [5.41, 5.74) is 0.673. The van der Waals surface area contributed by atoms with Crippen molar-refractivity contribution in [3.63, 3.8) is 0 Å². The Morgan fingerprint density at radius 1 is 1.26 bits per heavy atom. The molecule has 0 bridgehead atoms. The summed E-state index contributed by atoms with van der Waals surface area (Å²) in [5.74, 6) is 0.221. The third kappa shape index (κ3) is 3.97. The van der Waals surface area contributed by atoms with Gasteiger partial charge in [0.1, 0.15) is 0 Å². The molecule has 0 saturated carbocycles. The molecule has 7 heteroatoms. The molecule has 0 atom stereocenters. The average molecular weight is 300 g/mol. The fourth-order valence-corrected chi connectivity index (χ4v) is 2.84. The molecule has 0 aliphatic heterocycles. The molecule has 1 aromatic heterocycles. The summed E-state index contributed by atoms with van der Waals surface area (Å²) >= 11 is 5.75. The van der Waals surface area contributed by atoms with E-state index in [0.29, 0.717) is 22.9 Å². The smallest absolute Gasteiger partial charge is 0.238 e. The van der Waals surface area contributed by atoms with E-state index < -0.39 is 10.0 Å². The van der Waals surface area contributed by atoms with E-state index in [1.807, 2.05) is 6.92 Å². The first-order valence-electron chi connectivity index (χ1n) is 5.77. The molecule has 0 saturated heterocycles. The molecule has 0 amide bonds. The Morgan fingerprint density at radius 3 is 2.53 bits per heavy atom. The number of anilines is 1. The summed E-state index contributed by atoms with van der Waals surface area (Å²) in [6, 6.07) is 8.33. The van der Waals surface area contributed by atoms with Gasteiger partial charge in [-0.2, -0.15) is 5.10 Å². The molecule has 0 fully saturated rings. The maximum Gasteiger partial charge on any atom is 0.238 e. The number of halogens is 1. The van der Waals surface area contributed by atoms with E-state index in [-0.39, 0.29) is 5.75 Å². The van der Waals surface area contributed by atoms with Crippen LogP contribution in [0.25, 0.3) is 0 Å². The highest BCUT2D eigenvalue weighted by Crippen LogP contribution is 2.14. The maximum absolute atomic E-state index is 12.0. The lowest BCUT2D eigenvalue weighted by Crippen LogP contribution is -2.15. The van der Waals surface area contributed by atoms with E-state index in [9.17, 15) is 8.42 Å². The van der Waals surface area contributed by atoms with Gasteiger partial charge in [0.2, 0.25) is 10.0 Å². The third-order valence-electron chi connectivity index (χ3n) is 2.49. The van der Waals surface area contributed by atoms with Crippen molar-refractivity contribution in [2.75, 3.05) is 4.72 Å². The molecule has 5 nitrogen and oxygen atoms in total. The maximum atomic E-state index is 12.0. The number of aryl methyl sites for hydroxylation is 1. The van der Waals surface area contributed by atoms with Gasteiger partial charge in [0.05, 0.1) is 5.75 Å². The SMILES string of the molecule is CCn1ccc(NS(=O)(=O)Cc2ccc(Cl)cc2)n1. The second kappa shape index (κ2) is 5.63. The van der Waals surface area contributed by atoms with E-state index in [1.165, 1.54) is 0 Å². The molecule has 0 aliphatic carbocycles. The van der Waals surface area contributed by atoms with Gasteiger partial charge in [0.25, 0.3) is 0 Å². The van der Waals surface area contributed by atoms with Gasteiger partial charge in [0, 0.05) is 23.8 Å². The number of hydrogen-bond donors (Lipinski definition) is 1. The Morgan fingerprint density at radius 2 is 1.95 bits per heavy atom. The zero-order chi connectivity index (χ0) is 13.9. The minimum atomic E-state index is -3.46. The van der Waals surface area contributed by atoms with Gasteiger partial charge in [-0.1, -0.05) is 23.7 Å². The summed E-state index contributed by atoms with van der Waals surface area (Å²) in [7, 11) is -3.46. The van der Waals surface area contributed by atoms with Crippen molar-refractivity contribution in [2.45, 2.75) is 19.2 Å². The monoisotopic (exact) mass is 299 g/mol. The summed E-state index contributed by atoms with van der Waals surface area (Å²) in [4.78, 5) is 0. The van der Waals surface area contributed by atoms with Gasteiger partial charge in [-0.15, -0.1) is 0 Å². The molecule has 0 radical (unpaired) electrons. The van der Waals surface area contributed by atoms with Crippen molar-refractivity contribution >= 4 is 27.4 Å². The van der Waals surface area contributed by atoms with Crippen LogP contribution in [-0.4, -0.2) is 18.2 Å². The van der Waals surface area contributed by atoms with Crippen LogP contribution in [0.2, 0.25) is 5.02 Å². The number of nitrogens with one attached hydrogen (secondary N) is 1. The van der Waals surface area contributed by atoms with E-state index in [4.69, 9.17) is 11.6 Å². The number of nitrogens with zero attached hydrogens (tertiary/aromatic N) is 2. The summed E-state index contributed by atoms with van der Waals surface area (Å²) < 4.78 is 28.0. The van der Waals surface area contributed by atoms with Gasteiger partial charge in [-0.25, -0.2) is 8.42 Å². The van der Waals surface area contributed by atoms with Gasteiger partial charge in [-0.05, 0) is 24.6 Å². The first kappa shape index (κ1) is 13.9. The fourth-order valence-electron chi connectivity index (χ4n) is 1.59. The molecule has 2 rings (SSSR count). The van der Waals surface area contributed by atoms with Crippen LogP contribution in [0.5, 0.6) is 0 Å². The number of hydrogen-bond acceptors (Lipinski definition) is 3. The minimum Gasteiger partial charge on any atom is -0.271 e. The normalized spacial score (nSPS) is 11.5. The van der Waals surface area contributed by atoms with E-state index in [1.54, 1.807) is 41.2 Å². The van der Waals surface area contributed by atoms with Crippen LogP contribution >= 0.6 is 11.6 Å². The van der Waals surface area contributed by atoms with Crippen molar-refractivity contribution < 1.29 is 8.42 Å². The lowest BCUT2D eigenvalue weighted by atomic mass is 10.2. The highest BCUT2D eigenvalue weighted by Gasteiger charge is 2.13. The molecule has 0 unspecified atom stereocenters. The summed E-state index contributed by atoms with van der Waals surface area (Å²) in [5, 5.41) is 4.65. The predicted octanol–water partition coefficient (Wildman–Crippen LogP) is 2.50. The Hall–Kier alpha value is -1.53. The van der Waals surface area contributed by atoms with E-state index in [0.717, 1.165) is 0 Å². The van der Waals surface area contributed by atoms with Gasteiger partial charge < -0.3 is 0 Å². The largest absolute Gasteiger partial charge is 0.271 e. The third-order valence-corrected chi connectivity index (χ3v) is 3.98. The topological polar surface area (TPSA) is 64.0 Å². The van der Waals surface area contributed by atoms with E-state index in [2.05, 4.69) is 9.82 Å². The molecule has 0 aliphatic rings. The van der Waals surface area contributed by atoms with Crippen LogP contribution in [0.1, 0.15) is 12.5 Å². The van der Waals surface area contributed by atoms with Gasteiger partial charge in [-0.3, -0.25) is 9.40 Å². The number of benzene rings is 1. The molecule has 19 heavy (non-hydrogen) atoms. The number of sulfonamides is 1. The summed E-state index contributed by atoms with van der Waals surface area (Å²) in [6.45, 7) is 2.62. The molecule has 1 aromatic carbocycles. The van der Waals surface area contributed by atoms with Crippen LogP contribution in [0.15, 0.2) is 36.5 Å². The minimum absolute atomic E-state index is 0.108. The highest BCUT2D eigenvalue weighted by molar-refractivity contribution is 7.91. The molecule has 102 valence electrons. The van der Waals surface area contributed by atoms with Crippen molar-refractivity contribution in [1.29, 1.82) is 0 Å². The predicted molar refractivity (Wildman–Crippen MR) is 75.6 cm³/mol. The second-order valence-corrected chi connectivity index (χ2v) is 6.20. The lowest BCUT2D eigenvalue weighted by Gasteiger charge is -2.05. The van der Waals surface area contributed by atoms with Crippen LogP contribution < -0.4 is 4.72 Å². The van der Waals surface area contributed by atoms with Crippen molar-refractivity contribution in [3.8, 4) is 0 Å². The van der Waals surface area contributed by atoms with E-state index >= 15 is 0 Å². The Bertz CT molecular complexity index is 650. The molecule has 0 spiro atoms. The quantitative estimate of drug-likeness (QED) is 0.922. The Kier molecular flexibility index (Phi) is 4.11. The van der Waals surface area contributed by atoms with Crippen LogP contribution in [0.3, 0.4) is 0 Å². The van der Waals surface area contributed by atoms with Crippen LogP contribution in [0.4, 0.5) is 5.82 Å². The van der Waals surface area contributed by atoms with Gasteiger partial charge in [0.15, 0.2) is 5.82 Å². The zero-order valence-corrected chi connectivity index (χ0v) is 11.9. The van der Waals surface area contributed by atoms with Crippen LogP contribution in [0, 0.1) is 0 Å². The molecule has 1 N–H and O–H groups in total. The molecular formula is C12H14ClN3O2S. The number of aromatic nitrogens is 2. The fraction of sp³-hybridized carbons (Fsp3) is 0.250. The average Bonchev–Trinajstić information content (AvgIpc) is 2.78. The first-order chi connectivity index (χ1) is 8.98. The van der Waals surface area contributed by atoms with Gasteiger partial charge >= 0.3 is 0 Å². The molecular weight excluding hydrogens is 286 g/mol. The second-order valence-electron chi connectivity index (χ2n) is 4.04. The van der Waals surface area contributed by atoms with Crippen LogP contribution in [-0.2, 0) is 22.3 Å². The Balaban J connectivity index is 2.08. The molecule has 2 aromatic rings. The van der Waals surface area contributed by atoms with Crippen molar-refractivity contribution in [2.24, 2.45) is 0 Å². The van der Waals surface area contributed by atoms with Crippen molar-refractivity contribution in [1.82, 2.24) is 9.78 Å². The van der Waals surface area contributed by atoms with Crippen molar-refractivity contribution in [3.05, 3.63) is 47.1 Å².